The lowest BCUT2D eigenvalue weighted by molar-refractivity contribution is 1.43. The number of benzene rings is 3. The number of nitrogens with one attached hydrogen (secondary N) is 2. The average Bonchev–Trinajstić information content (AvgIpc) is 2.52. The zero-order valence-electron chi connectivity index (χ0n) is 12.9. The van der Waals surface area contributed by atoms with Crippen LogP contribution in [-0.2, 0) is 0 Å². The second-order valence-electron chi connectivity index (χ2n) is 5.51. The molecule has 0 fully saturated rings. The molecule has 3 aromatic carbocycles. The van der Waals surface area contributed by atoms with Gasteiger partial charge in [-0.1, -0.05) is 30.3 Å². The van der Waals surface area contributed by atoms with Crippen LogP contribution in [-0.4, -0.2) is 0 Å². The van der Waals surface area contributed by atoms with Gasteiger partial charge in [0.15, 0.2) is 0 Å². The molecule has 3 rings (SSSR count). The van der Waals surface area contributed by atoms with Crippen molar-refractivity contribution in [2.24, 2.45) is 0 Å². The molecule has 2 heteroatoms. The molecule has 0 bridgehead atoms. The maximum absolute atomic E-state index is 3.44. The van der Waals surface area contributed by atoms with Gasteiger partial charge in [0.05, 0.1) is 0 Å². The molecule has 0 atom stereocenters. The van der Waals surface area contributed by atoms with Crippen LogP contribution in [0.15, 0.2) is 72.8 Å². The van der Waals surface area contributed by atoms with Gasteiger partial charge in [-0.3, -0.25) is 0 Å². The number of anilines is 4. The van der Waals surface area contributed by atoms with E-state index < -0.39 is 0 Å². The largest absolute Gasteiger partial charge is 0.356 e. The normalized spacial score (nSPS) is 10.3. The highest BCUT2D eigenvalue weighted by Gasteiger charge is 1.99. The molecule has 0 radical (unpaired) electrons. The summed E-state index contributed by atoms with van der Waals surface area (Å²) < 4.78 is 0. The predicted molar refractivity (Wildman–Crippen MR) is 95.4 cm³/mol. The van der Waals surface area contributed by atoms with Crippen molar-refractivity contribution >= 4 is 22.7 Å². The summed E-state index contributed by atoms with van der Waals surface area (Å²) in [5, 5.41) is 6.86. The van der Waals surface area contributed by atoms with E-state index in [2.05, 4.69) is 91.2 Å². The highest BCUT2D eigenvalue weighted by atomic mass is 14.9. The molecule has 2 nitrogen and oxygen atoms in total. The predicted octanol–water partition coefficient (Wildman–Crippen LogP) is 5.79. The fourth-order valence-electron chi connectivity index (χ4n) is 2.40. The Morgan fingerprint density at radius 3 is 1.95 bits per heavy atom. The van der Waals surface area contributed by atoms with E-state index in [1.165, 1.54) is 11.1 Å². The molecule has 0 saturated heterocycles. The van der Waals surface area contributed by atoms with E-state index in [4.69, 9.17) is 0 Å². The van der Waals surface area contributed by atoms with Crippen molar-refractivity contribution in [1.29, 1.82) is 0 Å². The molecule has 0 amide bonds. The Labute approximate surface area is 131 Å². The molecule has 0 unspecified atom stereocenters. The van der Waals surface area contributed by atoms with Gasteiger partial charge in [-0.15, -0.1) is 0 Å². The Morgan fingerprint density at radius 2 is 1.27 bits per heavy atom. The van der Waals surface area contributed by atoms with Crippen molar-refractivity contribution in [3.63, 3.8) is 0 Å². The Balaban J connectivity index is 1.72. The molecule has 0 spiro atoms. The second-order valence-corrected chi connectivity index (χ2v) is 5.51. The monoisotopic (exact) mass is 288 g/mol. The van der Waals surface area contributed by atoms with Crippen molar-refractivity contribution in [1.82, 2.24) is 0 Å². The Hall–Kier alpha value is -2.74. The highest BCUT2D eigenvalue weighted by Crippen LogP contribution is 2.23. The number of hydrogen-bond acceptors (Lipinski definition) is 2. The zero-order chi connectivity index (χ0) is 15.4. The van der Waals surface area contributed by atoms with Crippen molar-refractivity contribution < 1.29 is 0 Å². The van der Waals surface area contributed by atoms with Crippen LogP contribution in [0, 0.1) is 13.8 Å². The van der Waals surface area contributed by atoms with Gasteiger partial charge in [0.25, 0.3) is 0 Å². The topological polar surface area (TPSA) is 24.1 Å². The lowest BCUT2D eigenvalue weighted by Crippen LogP contribution is -1.94. The summed E-state index contributed by atoms with van der Waals surface area (Å²) in [6, 6.07) is 25.0. The quantitative estimate of drug-likeness (QED) is 0.635. The molecule has 0 aliphatic carbocycles. The van der Waals surface area contributed by atoms with Gasteiger partial charge in [-0.25, -0.2) is 0 Å². The van der Waals surface area contributed by atoms with E-state index in [-0.39, 0.29) is 0 Å². The average molecular weight is 288 g/mol. The standard InChI is InChI=1S/C20H20N2/c1-15-6-5-8-19(14-15)21-17-10-12-18(13-11-17)22-20-9-4-3-7-16(20)2/h3-14,21-22H,1-2H3. The van der Waals surface area contributed by atoms with E-state index in [0.29, 0.717) is 0 Å². The van der Waals surface area contributed by atoms with Gasteiger partial charge in [-0.05, 0) is 67.4 Å². The Morgan fingerprint density at radius 1 is 0.591 bits per heavy atom. The SMILES string of the molecule is Cc1cccc(Nc2ccc(Nc3ccccc3C)cc2)c1. The fraction of sp³-hybridized carbons (Fsp3) is 0.100. The van der Waals surface area contributed by atoms with Gasteiger partial charge in [-0.2, -0.15) is 0 Å². The Kier molecular flexibility index (Phi) is 4.10. The lowest BCUT2D eigenvalue weighted by Gasteiger charge is -2.11. The van der Waals surface area contributed by atoms with E-state index in [1.54, 1.807) is 0 Å². The molecule has 0 aliphatic rings. The van der Waals surface area contributed by atoms with Gasteiger partial charge in [0.1, 0.15) is 0 Å². The first-order valence-electron chi connectivity index (χ1n) is 7.47. The van der Waals surface area contributed by atoms with Crippen LogP contribution < -0.4 is 10.6 Å². The van der Waals surface area contributed by atoms with Crippen LogP contribution in [0.25, 0.3) is 0 Å². The van der Waals surface area contributed by atoms with Gasteiger partial charge in [0.2, 0.25) is 0 Å². The lowest BCUT2D eigenvalue weighted by atomic mass is 10.2. The van der Waals surface area contributed by atoms with Gasteiger partial charge in [0, 0.05) is 22.7 Å². The van der Waals surface area contributed by atoms with Crippen LogP contribution in [0.4, 0.5) is 22.7 Å². The maximum Gasteiger partial charge on any atom is 0.0413 e. The van der Waals surface area contributed by atoms with Crippen molar-refractivity contribution in [3.8, 4) is 0 Å². The highest BCUT2D eigenvalue weighted by molar-refractivity contribution is 5.67. The third kappa shape index (κ3) is 3.47. The third-order valence-corrected chi connectivity index (χ3v) is 3.62. The van der Waals surface area contributed by atoms with Crippen LogP contribution >= 0.6 is 0 Å². The second kappa shape index (κ2) is 6.35. The van der Waals surface area contributed by atoms with Crippen molar-refractivity contribution in [2.45, 2.75) is 13.8 Å². The molecule has 0 heterocycles. The number of hydrogen-bond donors (Lipinski definition) is 2. The molecule has 0 aromatic heterocycles. The molecular formula is C20H20N2. The summed E-state index contributed by atoms with van der Waals surface area (Å²) in [5.74, 6) is 0. The molecule has 110 valence electrons. The fourth-order valence-corrected chi connectivity index (χ4v) is 2.40. The summed E-state index contributed by atoms with van der Waals surface area (Å²) in [6.45, 7) is 4.20. The number of aryl methyl sites for hydroxylation is 2. The van der Waals surface area contributed by atoms with Crippen molar-refractivity contribution in [2.75, 3.05) is 10.6 Å². The van der Waals surface area contributed by atoms with E-state index in [1.807, 2.05) is 6.07 Å². The van der Waals surface area contributed by atoms with Crippen LogP contribution in [0.3, 0.4) is 0 Å². The van der Waals surface area contributed by atoms with E-state index >= 15 is 0 Å². The summed E-state index contributed by atoms with van der Waals surface area (Å²) in [4.78, 5) is 0. The first kappa shape index (κ1) is 14.2. The van der Waals surface area contributed by atoms with E-state index in [0.717, 1.165) is 22.7 Å². The van der Waals surface area contributed by atoms with Crippen LogP contribution in [0.5, 0.6) is 0 Å². The van der Waals surface area contributed by atoms with Gasteiger partial charge < -0.3 is 10.6 Å². The smallest absolute Gasteiger partial charge is 0.0413 e. The zero-order valence-corrected chi connectivity index (χ0v) is 12.9. The van der Waals surface area contributed by atoms with Crippen LogP contribution in [0.2, 0.25) is 0 Å². The van der Waals surface area contributed by atoms with Crippen molar-refractivity contribution in [3.05, 3.63) is 83.9 Å². The Bertz CT molecular complexity index is 761. The first-order chi connectivity index (χ1) is 10.7. The van der Waals surface area contributed by atoms with E-state index in [9.17, 15) is 0 Å². The summed E-state index contributed by atoms with van der Waals surface area (Å²) in [5.41, 5.74) is 6.92. The maximum atomic E-state index is 3.44. The summed E-state index contributed by atoms with van der Waals surface area (Å²) >= 11 is 0. The minimum Gasteiger partial charge on any atom is -0.356 e. The summed E-state index contributed by atoms with van der Waals surface area (Å²) in [6.07, 6.45) is 0. The van der Waals surface area contributed by atoms with Gasteiger partial charge >= 0.3 is 0 Å². The molecule has 2 N–H and O–H groups in total. The summed E-state index contributed by atoms with van der Waals surface area (Å²) in [7, 11) is 0. The number of para-hydroxylation sites is 1. The molecule has 22 heavy (non-hydrogen) atoms. The number of rotatable bonds is 4. The third-order valence-electron chi connectivity index (χ3n) is 3.62. The minimum absolute atomic E-state index is 1.08. The molecule has 0 aliphatic heterocycles. The molecule has 0 saturated carbocycles. The minimum atomic E-state index is 1.08. The molecular weight excluding hydrogens is 268 g/mol. The first-order valence-corrected chi connectivity index (χ1v) is 7.47. The molecule has 3 aromatic rings. The van der Waals surface area contributed by atoms with Crippen LogP contribution in [0.1, 0.15) is 11.1 Å².